The van der Waals surface area contributed by atoms with Crippen molar-refractivity contribution in [1.29, 1.82) is 0 Å². The van der Waals surface area contributed by atoms with Crippen LogP contribution in [0.5, 0.6) is 0 Å². The number of ether oxygens (including phenoxy) is 3. The van der Waals surface area contributed by atoms with Crippen LogP contribution in [0.2, 0.25) is 0 Å². The van der Waals surface area contributed by atoms with Crippen molar-refractivity contribution in [2.45, 2.75) is 76.2 Å². The largest absolute Gasteiger partial charge is 0.445 e. The molecule has 0 spiro atoms. The maximum Gasteiger partial charge on any atom is 0.408 e. The number of hydrogen-bond acceptors (Lipinski definition) is 9. The molecule has 0 aliphatic carbocycles. The molecule has 0 bridgehead atoms. The predicted octanol–water partition coefficient (Wildman–Crippen LogP) is 7.00. The molecule has 58 heavy (non-hydrogen) atoms. The molecule has 6 atom stereocenters. The Kier molecular flexibility index (Phi) is 13.1. The number of benzene rings is 5. The second kappa shape index (κ2) is 18.7. The van der Waals surface area contributed by atoms with Crippen molar-refractivity contribution in [2.75, 3.05) is 13.6 Å². The van der Waals surface area contributed by atoms with E-state index < -0.39 is 30.4 Å². The molecule has 2 fully saturated rings. The van der Waals surface area contributed by atoms with Crippen LogP contribution >= 0.6 is 0 Å². The van der Waals surface area contributed by atoms with Gasteiger partial charge in [-0.2, -0.15) is 0 Å². The number of nitrogens with one attached hydrogen (secondary N) is 1. The molecule has 5 aromatic rings. The average Bonchev–Trinajstić information content (AvgIpc) is 3.52. The highest BCUT2D eigenvalue weighted by molar-refractivity contribution is 6.06. The lowest BCUT2D eigenvalue weighted by Gasteiger charge is -2.39. The van der Waals surface area contributed by atoms with Gasteiger partial charge in [0.1, 0.15) is 12.6 Å². The third-order valence-electron chi connectivity index (χ3n) is 11.0. The molecule has 2 heterocycles. The number of likely N-dealkylation sites (N-methyl/N-ethyl adjacent to an activating group) is 1. The van der Waals surface area contributed by atoms with Gasteiger partial charge in [0.15, 0.2) is 6.29 Å². The van der Waals surface area contributed by atoms with Crippen LogP contribution in [0.1, 0.15) is 71.6 Å². The third-order valence-corrected chi connectivity index (χ3v) is 11.0. The van der Waals surface area contributed by atoms with Crippen LogP contribution in [0.3, 0.4) is 0 Å². The van der Waals surface area contributed by atoms with Gasteiger partial charge >= 0.3 is 6.09 Å². The zero-order valence-electron chi connectivity index (χ0n) is 32.6. The number of likely N-dealkylation sites (tertiary alicyclic amines) is 1. The summed E-state index contributed by atoms with van der Waals surface area (Å²) in [5.41, 5.74) is 6.79. The topological polar surface area (TPSA) is 138 Å². The average molecular weight is 784 g/mol. The lowest BCUT2D eigenvalue weighted by atomic mass is 9.97. The zero-order chi connectivity index (χ0) is 40.6. The highest BCUT2D eigenvalue weighted by atomic mass is 16.7. The number of imide groups is 1. The third kappa shape index (κ3) is 9.70. The van der Waals surface area contributed by atoms with Gasteiger partial charge in [0.05, 0.1) is 37.9 Å². The van der Waals surface area contributed by atoms with Crippen LogP contribution < -0.4 is 5.32 Å². The summed E-state index contributed by atoms with van der Waals surface area (Å²) in [6, 6.07) is 40.9. The fourth-order valence-electron chi connectivity index (χ4n) is 7.49. The molecular weight excluding hydrogens is 735 g/mol. The Balaban J connectivity index is 1.04. The second-order valence-electron chi connectivity index (χ2n) is 14.9. The summed E-state index contributed by atoms with van der Waals surface area (Å²) in [5.74, 6) is -0.858. The number of carbonyl (C=O) groups excluding carboxylic acids is 3. The number of carbonyl (C=O) groups is 3. The summed E-state index contributed by atoms with van der Waals surface area (Å²) in [4.78, 5) is 42.2. The van der Waals surface area contributed by atoms with Gasteiger partial charge in [-0.25, -0.2) is 4.79 Å². The Morgan fingerprint density at radius 2 is 1.50 bits per heavy atom. The van der Waals surface area contributed by atoms with Crippen molar-refractivity contribution >= 4 is 17.9 Å². The van der Waals surface area contributed by atoms with E-state index in [-0.39, 0.29) is 50.3 Å². The Labute approximate surface area is 338 Å². The van der Waals surface area contributed by atoms with Crippen LogP contribution in [0.15, 0.2) is 133 Å². The van der Waals surface area contributed by atoms with Gasteiger partial charge in [0.25, 0.3) is 5.91 Å². The van der Waals surface area contributed by atoms with Crippen molar-refractivity contribution in [3.8, 4) is 11.1 Å². The van der Waals surface area contributed by atoms with Crippen LogP contribution in [-0.4, -0.2) is 69.7 Å². The molecule has 0 aromatic heterocycles. The van der Waals surface area contributed by atoms with Crippen LogP contribution in [-0.2, 0) is 43.6 Å². The van der Waals surface area contributed by atoms with E-state index in [1.54, 1.807) is 0 Å². The molecule has 0 radical (unpaired) electrons. The van der Waals surface area contributed by atoms with Crippen LogP contribution in [0, 0.1) is 0 Å². The van der Waals surface area contributed by atoms with Crippen LogP contribution in [0.4, 0.5) is 4.79 Å². The summed E-state index contributed by atoms with van der Waals surface area (Å²) in [5, 5.41) is 23.3. The van der Waals surface area contributed by atoms with Gasteiger partial charge < -0.3 is 29.7 Å². The van der Waals surface area contributed by atoms with Crippen LogP contribution in [0.25, 0.3) is 11.1 Å². The Morgan fingerprint density at radius 1 is 0.845 bits per heavy atom. The van der Waals surface area contributed by atoms with E-state index in [0.717, 1.165) is 44.5 Å². The number of aliphatic hydroxyl groups is 2. The van der Waals surface area contributed by atoms with Crippen molar-refractivity contribution in [2.24, 2.45) is 0 Å². The van der Waals surface area contributed by atoms with E-state index in [1.165, 1.54) is 4.90 Å². The number of aliphatic hydroxyl groups excluding tert-OH is 2. The maximum atomic E-state index is 13.4. The first-order valence-electron chi connectivity index (χ1n) is 19.6. The molecule has 2 aliphatic rings. The van der Waals surface area contributed by atoms with Crippen molar-refractivity contribution < 1.29 is 38.8 Å². The number of nitrogens with zero attached hydrogens (tertiary/aromatic N) is 2. The maximum absolute atomic E-state index is 13.4. The van der Waals surface area contributed by atoms with E-state index in [1.807, 2.05) is 147 Å². The summed E-state index contributed by atoms with van der Waals surface area (Å²) in [7, 11) is 1.99. The minimum Gasteiger partial charge on any atom is -0.445 e. The van der Waals surface area contributed by atoms with Crippen molar-refractivity contribution in [1.82, 2.24) is 15.1 Å². The molecule has 3 N–H and O–H groups in total. The molecule has 11 nitrogen and oxygen atoms in total. The molecule has 11 heteroatoms. The molecule has 0 saturated carbocycles. The summed E-state index contributed by atoms with van der Waals surface area (Å²) in [6.45, 7) is 2.61. The standard InChI is InChI=1S/C47H49N3O8/c1-31(44(53)36-13-7-4-8-14-36)49(2)28-39-25-42(35-19-17-32(29-51)18-20-35)58-46(57-39)37-23-21-34(22-24-37)40-16-10-9-15-38(40)27-50-43(52)26-41(45(50)54)48-47(55)56-30-33-11-5-3-6-12-33/h3-24,31,39,41-42,44,46,51,53H,25-30H2,1-2H3,(H,48,55)/t31-,39-,41?,42+,44-,46+/m0/s1. The van der Waals surface area contributed by atoms with E-state index in [0.29, 0.717) is 13.0 Å². The Morgan fingerprint density at radius 3 is 2.21 bits per heavy atom. The predicted molar refractivity (Wildman–Crippen MR) is 218 cm³/mol. The Hall–Kier alpha value is -5.69. The van der Waals surface area contributed by atoms with Crippen molar-refractivity contribution in [3.63, 3.8) is 0 Å². The second-order valence-corrected chi connectivity index (χ2v) is 14.9. The molecule has 2 aliphatic heterocycles. The first-order chi connectivity index (χ1) is 28.2. The summed E-state index contributed by atoms with van der Waals surface area (Å²) >= 11 is 0. The lowest BCUT2D eigenvalue weighted by Crippen LogP contribution is -2.43. The van der Waals surface area contributed by atoms with E-state index >= 15 is 0 Å². The monoisotopic (exact) mass is 783 g/mol. The number of amides is 3. The number of hydrogen-bond donors (Lipinski definition) is 3. The summed E-state index contributed by atoms with van der Waals surface area (Å²) < 4.78 is 18.5. The highest BCUT2D eigenvalue weighted by Crippen LogP contribution is 2.39. The van der Waals surface area contributed by atoms with Gasteiger partial charge in [-0.1, -0.05) is 133 Å². The van der Waals surface area contributed by atoms with E-state index in [9.17, 15) is 24.6 Å². The van der Waals surface area contributed by atoms with Gasteiger partial charge in [-0.05, 0) is 52.9 Å². The molecule has 1 unspecified atom stereocenters. The smallest absolute Gasteiger partial charge is 0.408 e. The number of alkyl carbamates (subject to hydrolysis) is 1. The first-order valence-corrected chi connectivity index (χ1v) is 19.6. The molecular formula is C47H49N3O8. The minimum atomic E-state index is -1.00. The fourth-order valence-corrected chi connectivity index (χ4v) is 7.49. The molecule has 7 rings (SSSR count). The fraction of sp³-hybridized carbons (Fsp3) is 0.298. The normalized spacial score (nSPS) is 20.5. The SMILES string of the molecule is C[C@@H]([C@H](O)c1ccccc1)N(C)C[C@@H]1C[C@H](c2ccc(CO)cc2)O[C@H](c2ccc(-c3ccccc3CN3C(=O)CC(NC(=O)OCc4ccccc4)C3=O)cc2)O1. The van der Waals surface area contributed by atoms with E-state index in [4.69, 9.17) is 14.2 Å². The number of rotatable bonds is 14. The molecule has 2 saturated heterocycles. The summed E-state index contributed by atoms with van der Waals surface area (Å²) in [6.07, 6.45) is -2.17. The molecule has 3 amide bonds. The highest BCUT2D eigenvalue weighted by Gasteiger charge is 2.40. The molecule has 5 aromatic carbocycles. The first kappa shape index (κ1) is 40.5. The van der Waals surface area contributed by atoms with Crippen molar-refractivity contribution in [3.05, 3.63) is 167 Å². The van der Waals surface area contributed by atoms with Gasteiger partial charge in [-0.3, -0.25) is 19.4 Å². The Bertz CT molecular complexity index is 2150. The lowest BCUT2D eigenvalue weighted by molar-refractivity contribution is -0.253. The zero-order valence-corrected chi connectivity index (χ0v) is 32.6. The van der Waals surface area contributed by atoms with Gasteiger partial charge in [-0.15, -0.1) is 0 Å². The molecule has 300 valence electrons. The van der Waals surface area contributed by atoms with Gasteiger partial charge in [0, 0.05) is 24.6 Å². The minimum absolute atomic E-state index is 0.0452. The quantitative estimate of drug-likeness (QED) is 0.102. The van der Waals surface area contributed by atoms with Gasteiger partial charge in [0.2, 0.25) is 5.91 Å². The van der Waals surface area contributed by atoms with E-state index in [2.05, 4.69) is 10.2 Å².